The summed E-state index contributed by atoms with van der Waals surface area (Å²) < 4.78 is 13.6. The van der Waals surface area contributed by atoms with E-state index in [9.17, 15) is 9.18 Å². The summed E-state index contributed by atoms with van der Waals surface area (Å²) in [5, 5.41) is 4.26. The SMILES string of the molecule is O=C(C=CCN(Cc1ccncc1)C1CC1)N1CCc2c(sc3ncnc(Nc4ccc(F)c(Cl)c4)c23)C1. The zero-order valence-corrected chi connectivity index (χ0v) is 22.2. The highest BCUT2D eigenvalue weighted by Gasteiger charge is 2.29. The molecule has 0 spiro atoms. The summed E-state index contributed by atoms with van der Waals surface area (Å²) >= 11 is 7.54. The van der Waals surface area contributed by atoms with Gasteiger partial charge in [0.05, 0.1) is 17.0 Å². The molecule has 4 heterocycles. The molecule has 7 nitrogen and oxygen atoms in total. The Labute approximate surface area is 229 Å². The van der Waals surface area contributed by atoms with Crippen molar-refractivity contribution in [2.75, 3.05) is 18.4 Å². The largest absolute Gasteiger partial charge is 0.340 e. The average molecular weight is 549 g/mol. The second kappa shape index (κ2) is 10.8. The second-order valence-electron chi connectivity index (χ2n) is 9.59. The number of thiophene rings is 1. The predicted molar refractivity (Wildman–Crippen MR) is 148 cm³/mol. The number of fused-ring (bicyclic) bond motifs is 3. The number of hydrogen-bond acceptors (Lipinski definition) is 7. The zero-order valence-electron chi connectivity index (χ0n) is 20.6. The lowest BCUT2D eigenvalue weighted by molar-refractivity contribution is -0.126. The number of pyridine rings is 1. The Balaban J connectivity index is 1.14. The summed E-state index contributed by atoms with van der Waals surface area (Å²) in [6, 6.07) is 9.17. The number of halogens is 2. The van der Waals surface area contributed by atoms with Gasteiger partial charge in [0.15, 0.2) is 0 Å². The summed E-state index contributed by atoms with van der Waals surface area (Å²) in [7, 11) is 0. The predicted octanol–water partition coefficient (Wildman–Crippen LogP) is 5.73. The van der Waals surface area contributed by atoms with E-state index < -0.39 is 5.82 Å². The highest BCUT2D eigenvalue weighted by atomic mass is 35.5. The first kappa shape index (κ1) is 24.9. The van der Waals surface area contributed by atoms with Crippen LogP contribution in [-0.4, -0.2) is 49.8 Å². The number of rotatable bonds is 8. The molecule has 0 radical (unpaired) electrons. The van der Waals surface area contributed by atoms with E-state index in [-0.39, 0.29) is 10.9 Å². The van der Waals surface area contributed by atoms with Gasteiger partial charge >= 0.3 is 0 Å². The number of hydrogen-bond donors (Lipinski definition) is 1. The van der Waals surface area contributed by atoms with Crippen LogP contribution in [0.25, 0.3) is 10.2 Å². The normalized spacial score (nSPS) is 15.4. The van der Waals surface area contributed by atoms with Crippen LogP contribution in [0, 0.1) is 5.82 Å². The van der Waals surface area contributed by atoms with Gasteiger partial charge in [-0.15, -0.1) is 11.3 Å². The summed E-state index contributed by atoms with van der Waals surface area (Å²) in [6.45, 7) is 2.79. The monoisotopic (exact) mass is 548 g/mol. The molecule has 1 N–H and O–H groups in total. The molecule has 1 amide bonds. The van der Waals surface area contributed by atoms with E-state index in [1.165, 1.54) is 36.9 Å². The fraction of sp³-hybridized carbons (Fsp3) is 0.286. The molecule has 0 unspecified atom stereocenters. The smallest absolute Gasteiger partial charge is 0.246 e. The first-order chi connectivity index (χ1) is 18.5. The van der Waals surface area contributed by atoms with Gasteiger partial charge in [0.25, 0.3) is 0 Å². The fourth-order valence-corrected chi connectivity index (χ4v) is 6.20. The number of anilines is 2. The molecule has 38 heavy (non-hydrogen) atoms. The van der Waals surface area contributed by atoms with Crippen LogP contribution in [0.15, 0.2) is 61.2 Å². The maximum Gasteiger partial charge on any atom is 0.246 e. The van der Waals surface area contributed by atoms with Crippen LogP contribution in [0.4, 0.5) is 15.9 Å². The van der Waals surface area contributed by atoms with Crippen molar-refractivity contribution >= 4 is 50.6 Å². The minimum atomic E-state index is -0.467. The molecule has 2 aliphatic rings. The molecule has 6 rings (SSSR count). The van der Waals surface area contributed by atoms with Crippen molar-refractivity contribution in [3.05, 3.63) is 88.0 Å². The van der Waals surface area contributed by atoms with E-state index in [4.69, 9.17) is 11.6 Å². The van der Waals surface area contributed by atoms with E-state index in [0.717, 1.165) is 40.2 Å². The van der Waals surface area contributed by atoms with Crippen LogP contribution in [0.5, 0.6) is 0 Å². The third-order valence-electron chi connectivity index (χ3n) is 6.93. The molecule has 3 aromatic heterocycles. The average Bonchev–Trinajstić information content (AvgIpc) is 3.70. The Bertz CT molecular complexity index is 1510. The van der Waals surface area contributed by atoms with Crippen LogP contribution in [0.3, 0.4) is 0 Å². The first-order valence-corrected chi connectivity index (χ1v) is 13.8. The summed E-state index contributed by atoms with van der Waals surface area (Å²) in [5.41, 5.74) is 3.05. The maximum atomic E-state index is 13.6. The Kier molecular flexibility index (Phi) is 7.06. The van der Waals surface area contributed by atoms with Crippen LogP contribution in [0.2, 0.25) is 5.02 Å². The molecule has 1 aliphatic heterocycles. The molecule has 0 bridgehead atoms. The van der Waals surface area contributed by atoms with Gasteiger partial charge in [0.1, 0.15) is 22.8 Å². The maximum absolute atomic E-state index is 13.6. The van der Waals surface area contributed by atoms with Crippen LogP contribution >= 0.6 is 22.9 Å². The molecule has 1 aliphatic carbocycles. The Hall–Kier alpha value is -3.40. The zero-order chi connectivity index (χ0) is 26.1. The van der Waals surface area contributed by atoms with Crippen molar-refractivity contribution < 1.29 is 9.18 Å². The molecular weight excluding hydrogens is 523 g/mol. The van der Waals surface area contributed by atoms with Crippen LogP contribution < -0.4 is 5.32 Å². The Morgan fingerprint density at radius 1 is 1.24 bits per heavy atom. The third-order valence-corrected chi connectivity index (χ3v) is 8.34. The van der Waals surface area contributed by atoms with Crippen molar-refractivity contribution in [1.82, 2.24) is 24.8 Å². The number of carbonyl (C=O) groups excluding carboxylic acids is 1. The van der Waals surface area contributed by atoms with Gasteiger partial charge in [-0.1, -0.05) is 17.7 Å². The number of carbonyl (C=O) groups is 1. The van der Waals surface area contributed by atoms with Crippen molar-refractivity contribution in [2.24, 2.45) is 0 Å². The Morgan fingerprint density at radius 2 is 2.08 bits per heavy atom. The number of aromatic nitrogens is 3. The highest BCUT2D eigenvalue weighted by Crippen LogP contribution is 2.38. The topological polar surface area (TPSA) is 74.2 Å². The van der Waals surface area contributed by atoms with Crippen molar-refractivity contribution in [3.8, 4) is 0 Å². The van der Waals surface area contributed by atoms with E-state index in [1.54, 1.807) is 23.5 Å². The number of nitrogens with one attached hydrogen (secondary N) is 1. The minimum absolute atomic E-state index is 0.0261. The van der Waals surface area contributed by atoms with Gasteiger partial charge in [-0.3, -0.25) is 14.7 Å². The van der Waals surface area contributed by atoms with Gasteiger partial charge in [-0.05, 0) is 60.7 Å². The van der Waals surface area contributed by atoms with Gasteiger partial charge in [-0.2, -0.15) is 0 Å². The van der Waals surface area contributed by atoms with Crippen molar-refractivity contribution in [2.45, 2.75) is 38.4 Å². The van der Waals surface area contributed by atoms with Gasteiger partial charge in [-0.25, -0.2) is 14.4 Å². The molecule has 4 aromatic rings. The summed E-state index contributed by atoms with van der Waals surface area (Å²) in [6.07, 6.45) is 12.0. The molecule has 1 saturated carbocycles. The van der Waals surface area contributed by atoms with Gasteiger partial charge in [0, 0.05) is 54.7 Å². The molecule has 1 fully saturated rings. The molecule has 10 heteroatoms. The highest BCUT2D eigenvalue weighted by molar-refractivity contribution is 7.19. The molecule has 194 valence electrons. The molecule has 0 atom stereocenters. The third kappa shape index (κ3) is 5.41. The first-order valence-electron chi connectivity index (χ1n) is 12.6. The minimum Gasteiger partial charge on any atom is -0.340 e. The van der Waals surface area contributed by atoms with E-state index in [0.29, 0.717) is 30.6 Å². The lowest BCUT2D eigenvalue weighted by Gasteiger charge is -2.26. The lowest BCUT2D eigenvalue weighted by Crippen LogP contribution is -2.34. The molecule has 0 saturated heterocycles. The van der Waals surface area contributed by atoms with E-state index in [2.05, 4.69) is 25.2 Å². The van der Waals surface area contributed by atoms with E-state index in [1.807, 2.05) is 35.5 Å². The van der Waals surface area contributed by atoms with E-state index >= 15 is 0 Å². The van der Waals surface area contributed by atoms with Crippen molar-refractivity contribution in [3.63, 3.8) is 0 Å². The van der Waals surface area contributed by atoms with Crippen molar-refractivity contribution in [1.29, 1.82) is 0 Å². The standard InChI is InChI=1S/C28H26ClFN6OS/c29-22-14-19(3-6-23(22)30)34-27-26-21-9-13-36(16-24(21)38-28(26)33-17-32-27)25(37)2-1-12-35(20-4-5-20)15-18-7-10-31-11-8-18/h1-3,6-8,10-11,14,17,20H,4-5,9,12-13,15-16H2,(H,32,33,34). The summed E-state index contributed by atoms with van der Waals surface area (Å²) in [5.74, 6) is 0.216. The number of nitrogens with zero attached hydrogens (tertiary/aromatic N) is 5. The fourth-order valence-electron chi connectivity index (χ4n) is 4.82. The second-order valence-corrected chi connectivity index (χ2v) is 11.1. The Morgan fingerprint density at radius 3 is 2.87 bits per heavy atom. The summed E-state index contributed by atoms with van der Waals surface area (Å²) in [4.78, 5) is 32.3. The molecular formula is C28H26ClFN6OS. The quantitative estimate of drug-likeness (QED) is 0.284. The molecule has 1 aromatic carbocycles. The van der Waals surface area contributed by atoms with Gasteiger partial charge < -0.3 is 10.2 Å². The number of benzene rings is 1. The number of amides is 1. The van der Waals surface area contributed by atoms with Crippen LogP contribution in [0.1, 0.15) is 28.8 Å². The van der Waals surface area contributed by atoms with Gasteiger partial charge in [0.2, 0.25) is 5.91 Å². The lowest BCUT2D eigenvalue weighted by atomic mass is 10.0. The van der Waals surface area contributed by atoms with Crippen LogP contribution in [-0.2, 0) is 24.3 Å².